The smallest absolute Gasteiger partial charge is 0.306 e. The molecule has 0 aliphatic heterocycles. The van der Waals surface area contributed by atoms with Gasteiger partial charge in [0, 0.05) is 19.3 Å². The van der Waals surface area contributed by atoms with Gasteiger partial charge in [-0.25, -0.2) is 0 Å². The second-order valence-corrected chi connectivity index (χ2v) is 20.6. The van der Waals surface area contributed by atoms with Crippen molar-refractivity contribution in [1.29, 1.82) is 0 Å². The third-order valence-corrected chi connectivity index (χ3v) is 13.3. The first-order valence-electron chi connectivity index (χ1n) is 31.2. The normalized spacial score (nSPS) is 12.7. The molecule has 1 atom stereocenters. The van der Waals surface area contributed by atoms with Gasteiger partial charge >= 0.3 is 17.9 Å². The van der Waals surface area contributed by atoms with E-state index in [-0.39, 0.29) is 31.1 Å². The molecule has 0 aromatic rings. The first kappa shape index (κ1) is 70.3. The van der Waals surface area contributed by atoms with Crippen LogP contribution in [0.4, 0.5) is 0 Å². The van der Waals surface area contributed by atoms with Crippen LogP contribution in [-0.2, 0) is 28.6 Å². The summed E-state index contributed by atoms with van der Waals surface area (Å²) in [6.45, 7) is 6.43. The lowest BCUT2D eigenvalue weighted by Gasteiger charge is -2.18. The quantitative estimate of drug-likeness (QED) is 0.0261. The van der Waals surface area contributed by atoms with E-state index in [0.717, 1.165) is 122 Å². The SMILES string of the molecule is CC/C=C\C/C=C\C/C=C\C/C=C\C/C=C\CCCCCCCCCC(=O)OCC(COC(=O)CCCCCCCCCCCCCCCCCC)OC(=O)CCCCCCCCC/C=C\C/C=C\C/C=C\CC. The maximum Gasteiger partial charge on any atom is 0.306 e. The fraction of sp³-hybridized carbons (Fsp3) is 0.721. The molecule has 0 aliphatic carbocycles. The molecule has 424 valence electrons. The van der Waals surface area contributed by atoms with Gasteiger partial charge in [-0.05, 0) is 96.3 Å². The van der Waals surface area contributed by atoms with Crippen LogP contribution in [0.25, 0.3) is 0 Å². The van der Waals surface area contributed by atoms with Gasteiger partial charge in [-0.2, -0.15) is 0 Å². The lowest BCUT2D eigenvalue weighted by atomic mass is 10.0. The van der Waals surface area contributed by atoms with Crippen LogP contribution in [0.5, 0.6) is 0 Å². The predicted octanol–water partition coefficient (Wildman–Crippen LogP) is 21.3. The molecular weight excluding hydrogens is 913 g/mol. The number of ether oxygens (including phenoxy) is 3. The highest BCUT2D eigenvalue weighted by Gasteiger charge is 2.19. The van der Waals surface area contributed by atoms with Gasteiger partial charge in [-0.15, -0.1) is 0 Å². The fourth-order valence-corrected chi connectivity index (χ4v) is 8.72. The van der Waals surface area contributed by atoms with Crippen molar-refractivity contribution >= 4 is 17.9 Å². The van der Waals surface area contributed by atoms with Gasteiger partial charge in [0.25, 0.3) is 0 Å². The first-order valence-corrected chi connectivity index (χ1v) is 31.2. The van der Waals surface area contributed by atoms with Crippen LogP contribution in [-0.4, -0.2) is 37.2 Å². The third-order valence-electron chi connectivity index (χ3n) is 13.3. The minimum absolute atomic E-state index is 0.0830. The molecule has 0 heterocycles. The van der Waals surface area contributed by atoms with E-state index < -0.39 is 6.10 Å². The Labute approximate surface area is 457 Å². The van der Waals surface area contributed by atoms with Gasteiger partial charge in [0.1, 0.15) is 13.2 Å². The average molecular weight is 1030 g/mol. The van der Waals surface area contributed by atoms with Crippen LogP contribution in [0.1, 0.15) is 297 Å². The summed E-state index contributed by atoms with van der Waals surface area (Å²) >= 11 is 0. The molecule has 0 aliphatic rings. The molecule has 0 bridgehead atoms. The van der Waals surface area contributed by atoms with E-state index in [0.29, 0.717) is 19.3 Å². The second-order valence-electron chi connectivity index (χ2n) is 20.6. The number of esters is 3. The largest absolute Gasteiger partial charge is 0.462 e. The first-order chi connectivity index (χ1) is 36.5. The Morgan fingerprint density at radius 1 is 0.284 bits per heavy atom. The highest BCUT2D eigenvalue weighted by Crippen LogP contribution is 2.16. The van der Waals surface area contributed by atoms with Crippen molar-refractivity contribution in [2.75, 3.05) is 13.2 Å². The molecule has 0 saturated heterocycles. The molecule has 0 amide bonds. The molecule has 0 aromatic carbocycles. The van der Waals surface area contributed by atoms with Gasteiger partial charge in [0.15, 0.2) is 6.10 Å². The molecule has 0 spiro atoms. The Hall–Kier alpha value is -3.67. The molecule has 6 heteroatoms. The number of carbonyl (C=O) groups excluding carboxylic acids is 3. The van der Waals surface area contributed by atoms with Gasteiger partial charge in [-0.3, -0.25) is 14.4 Å². The number of hydrogen-bond acceptors (Lipinski definition) is 6. The maximum absolute atomic E-state index is 12.9. The van der Waals surface area contributed by atoms with Crippen molar-refractivity contribution in [2.45, 2.75) is 303 Å². The molecule has 0 radical (unpaired) electrons. The van der Waals surface area contributed by atoms with Crippen LogP contribution < -0.4 is 0 Å². The summed E-state index contributed by atoms with van der Waals surface area (Å²) in [7, 11) is 0. The van der Waals surface area contributed by atoms with Crippen molar-refractivity contribution in [3.63, 3.8) is 0 Å². The molecular formula is C68H116O6. The van der Waals surface area contributed by atoms with Gasteiger partial charge < -0.3 is 14.2 Å². The summed E-state index contributed by atoms with van der Waals surface area (Å²) < 4.78 is 16.9. The van der Waals surface area contributed by atoms with E-state index in [2.05, 4.69) is 118 Å². The molecule has 0 fully saturated rings. The summed E-state index contributed by atoms with van der Waals surface area (Å²) in [6.07, 6.45) is 82.6. The van der Waals surface area contributed by atoms with Crippen LogP contribution in [0.15, 0.2) is 97.2 Å². The van der Waals surface area contributed by atoms with Crippen LogP contribution in [0, 0.1) is 0 Å². The van der Waals surface area contributed by atoms with E-state index in [1.807, 2.05) is 0 Å². The number of allylic oxidation sites excluding steroid dienone is 16. The highest BCUT2D eigenvalue weighted by atomic mass is 16.6. The van der Waals surface area contributed by atoms with Gasteiger partial charge in [-0.1, -0.05) is 279 Å². The maximum atomic E-state index is 12.9. The summed E-state index contributed by atoms with van der Waals surface area (Å²) in [6, 6.07) is 0. The zero-order chi connectivity index (χ0) is 53.6. The van der Waals surface area contributed by atoms with Gasteiger partial charge in [0.2, 0.25) is 0 Å². The summed E-state index contributed by atoms with van der Waals surface area (Å²) in [5.74, 6) is -0.894. The minimum atomic E-state index is -0.788. The molecule has 74 heavy (non-hydrogen) atoms. The van der Waals surface area contributed by atoms with Crippen LogP contribution >= 0.6 is 0 Å². The topological polar surface area (TPSA) is 78.9 Å². The third kappa shape index (κ3) is 59.2. The fourth-order valence-electron chi connectivity index (χ4n) is 8.72. The van der Waals surface area contributed by atoms with Crippen molar-refractivity contribution in [1.82, 2.24) is 0 Å². The van der Waals surface area contributed by atoms with Crippen LogP contribution in [0.2, 0.25) is 0 Å². The van der Waals surface area contributed by atoms with Crippen LogP contribution in [0.3, 0.4) is 0 Å². The number of carbonyl (C=O) groups is 3. The second kappa shape index (κ2) is 61.9. The van der Waals surface area contributed by atoms with Crippen molar-refractivity contribution in [3.8, 4) is 0 Å². The van der Waals surface area contributed by atoms with E-state index in [1.54, 1.807) is 0 Å². The summed E-state index contributed by atoms with van der Waals surface area (Å²) in [5.41, 5.74) is 0. The van der Waals surface area contributed by atoms with Crippen molar-refractivity contribution in [3.05, 3.63) is 97.2 Å². The van der Waals surface area contributed by atoms with E-state index in [4.69, 9.17) is 14.2 Å². The number of hydrogen-bond donors (Lipinski definition) is 0. The average Bonchev–Trinajstić information content (AvgIpc) is 3.40. The van der Waals surface area contributed by atoms with E-state index >= 15 is 0 Å². The van der Waals surface area contributed by atoms with Crippen molar-refractivity contribution in [2.24, 2.45) is 0 Å². The Kier molecular flexibility index (Phi) is 58.8. The van der Waals surface area contributed by atoms with E-state index in [9.17, 15) is 14.4 Å². The molecule has 0 aromatic heterocycles. The monoisotopic (exact) mass is 1030 g/mol. The predicted molar refractivity (Wildman–Crippen MR) is 320 cm³/mol. The molecule has 1 unspecified atom stereocenters. The molecule has 0 N–H and O–H groups in total. The van der Waals surface area contributed by atoms with Crippen molar-refractivity contribution < 1.29 is 28.6 Å². The molecule has 6 nitrogen and oxygen atoms in total. The lowest BCUT2D eigenvalue weighted by Crippen LogP contribution is -2.30. The number of unbranched alkanes of at least 4 members (excludes halogenated alkanes) is 29. The number of rotatable bonds is 56. The van der Waals surface area contributed by atoms with Gasteiger partial charge in [0.05, 0.1) is 0 Å². The lowest BCUT2D eigenvalue weighted by molar-refractivity contribution is -0.167. The summed E-state index contributed by atoms with van der Waals surface area (Å²) in [4.78, 5) is 38.3. The Bertz CT molecular complexity index is 1460. The van der Waals surface area contributed by atoms with E-state index in [1.165, 1.54) is 135 Å². The minimum Gasteiger partial charge on any atom is -0.462 e. The Morgan fingerprint density at radius 2 is 0.527 bits per heavy atom. The standard InChI is InChI=1S/C68H116O6/c1-4-7-10-13-16-19-22-25-28-31-32-33-34-35-36-38-40-43-46-49-52-55-58-61-67(70)73-64-65(63-72-66(69)60-57-54-51-48-45-42-39-30-27-24-21-18-15-12-9-6-3)74-68(71)62-59-56-53-50-47-44-41-37-29-26-23-20-17-14-11-8-5-2/h7-8,10-11,16-17,19-20,25-26,28-29,32-33,35-36,65H,4-6,9,12-15,18,21-24,27,30-31,34,37-64H2,1-3H3/b10-7-,11-8-,19-16-,20-17-,28-25-,29-26-,33-32-,36-35-. The molecule has 0 saturated carbocycles. The zero-order valence-corrected chi connectivity index (χ0v) is 48.6. The zero-order valence-electron chi connectivity index (χ0n) is 48.6. The molecule has 0 rings (SSSR count). The Morgan fingerprint density at radius 3 is 0.824 bits per heavy atom. The summed E-state index contributed by atoms with van der Waals surface area (Å²) in [5, 5.41) is 0. The highest BCUT2D eigenvalue weighted by molar-refractivity contribution is 5.71. The Balaban J connectivity index is 4.39.